The van der Waals surface area contributed by atoms with Crippen LogP contribution < -0.4 is 0 Å². The van der Waals surface area contributed by atoms with Gasteiger partial charge in [0.05, 0.1) is 11.4 Å². The monoisotopic (exact) mass is 270 g/mol. The highest BCUT2D eigenvalue weighted by molar-refractivity contribution is 5.55. The van der Waals surface area contributed by atoms with Crippen molar-refractivity contribution in [1.82, 2.24) is 19.9 Å². The van der Waals surface area contributed by atoms with E-state index in [4.69, 9.17) is 0 Å². The zero-order valence-electron chi connectivity index (χ0n) is 11.8. The number of H-pyrrole nitrogens is 2. The smallest absolute Gasteiger partial charge is 0.174 e. The number of aromatic nitrogens is 4. The molecule has 0 bridgehead atoms. The average Bonchev–Trinajstić information content (AvgIpc) is 2.98. The van der Waals surface area contributed by atoms with Gasteiger partial charge in [-0.1, -0.05) is 0 Å². The lowest BCUT2D eigenvalue weighted by Gasteiger charge is -1.91. The molecule has 2 aromatic heterocycles. The number of hydrogen-bond donors (Lipinski definition) is 2. The predicted molar refractivity (Wildman–Crippen MR) is 82.3 cm³/mol. The van der Waals surface area contributed by atoms with Gasteiger partial charge in [-0.2, -0.15) is 0 Å². The molecule has 0 aliphatic carbocycles. The van der Waals surface area contributed by atoms with Gasteiger partial charge in [0.25, 0.3) is 0 Å². The molecule has 2 heterocycles. The minimum Gasteiger partial charge on any atom is -0.339 e. The Balaban J connectivity index is 2.29. The van der Waals surface area contributed by atoms with Crippen molar-refractivity contribution in [3.05, 3.63) is 29.0 Å². The van der Waals surface area contributed by atoms with Crippen LogP contribution in [0.2, 0.25) is 0 Å². The van der Waals surface area contributed by atoms with E-state index in [2.05, 4.69) is 43.4 Å². The Labute approximate surface area is 117 Å². The van der Waals surface area contributed by atoms with Crippen LogP contribution in [0.3, 0.4) is 0 Å². The first-order valence-corrected chi connectivity index (χ1v) is 6.33. The van der Waals surface area contributed by atoms with Gasteiger partial charge < -0.3 is 15.0 Å². The summed E-state index contributed by atoms with van der Waals surface area (Å²) in [5, 5.41) is 0. The number of hydrogen-bond acceptors (Lipinski definition) is 4. The Morgan fingerprint density at radius 2 is 1.80 bits per heavy atom. The van der Waals surface area contributed by atoms with Gasteiger partial charge >= 0.3 is 0 Å². The summed E-state index contributed by atoms with van der Waals surface area (Å²) in [5.74, 6) is 1.45. The van der Waals surface area contributed by atoms with E-state index in [0.29, 0.717) is 12.4 Å². The van der Waals surface area contributed by atoms with Crippen molar-refractivity contribution in [3.8, 4) is 11.6 Å². The van der Waals surface area contributed by atoms with Gasteiger partial charge in [-0.3, -0.25) is 4.99 Å². The van der Waals surface area contributed by atoms with Crippen LogP contribution in [0.1, 0.15) is 22.8 Å². The van der Waals surface area contributed by atoms with E-state index in [1.165, 1.54) is 0 Å². The maximum atomic E-state index is 4.56. The van der Waals surface area contributed by atoms with Crippen LogP contribution in [0.25, 0.3) is 17.7 Å². The third-order valence-electron chi connectivity index (χ3n) is 2.98. The second-order valence-corrected chi connectivity index (χ2v) is 4.45. The molecular formula is C14H18N6. The minimum absolute atomic E-state index is 0.668. The van der Waals surface area contributed by atoms with E-state index in [-0.39, 0.29) is 0 Å². The van der Waals surface area contributed by atoms with Crippen molar-refractivity contribution in [1.29, 1.82) is 0 Å². The first kappa shape index (κ1) is 13.9. The molecule has 2 rings (SSSR count). The second kappa shape index (κ2) is 6.10. The van der Waals surface area contributed by atoms with E-state index < -0.39 is 0 Å². The standard InChI is InChI=1S/C14H18N6/c1-9-11(5-7-15-3)19-13(17-9)14-18-10(2)12(20-14)6-8-16-4/h5,7H,3-4,6,8H2,1-2H3,(H,17,19)(H,18,20)/b7-5-. The Morgan fingerprint density at radius 1 is 1.10 bits per heavy atom. The summed E-state index contributed by atoms with van der Waals surface area (Å²) >= 11 is 0. The van der Waals surface area contributed by atoms with Crippen molar-refractivity contribution in [2.24, 2.45) is 9.98 Å². The molecule has 104 valence electrons. The van der Waals surface area contributed by atoms with Crippen LogP contribution >= 0.6 is 0 Å². The van der Waals surface area contributed by atoms with Gasteiger partial charge in [0.15, 0.2) is 11.6 Å². The number of imidazole rings is 2. The normalized spacial score (nSPS) is 11.1. The first-order chi connectivity index (χ1) is 9.65. The Hall–Kier alpha value is -2.50. The van der Waals surface area contributed by atoms with Gasteiger partial charge in [-0.25, -0.2) is 9.97 Å². The predicted octanol–water partition coefficient (Wildman–Crippen LogP) is 2.33. The SMILES string of the molecule is C=N/C=C\c1nc(-c2nc(CCN=C)c(C)[nH]2)[nH]c1C. The van der Waals surface area contributed by atoms with Crippen molar-refractivity contribution in [3.63, 3.8) is 0 Å². The number of nitrogens with one attached hydrogen (secondary N) is 2. The van der Waals surface area contributed by atoms with Crippen molar-refractivity contribution in [2.75, 3.05) is 6.54 Å². The number of rotatable bonds is 6. The number of nitrogens with zero attached hydrogens (tertiary/aromatic N) is 4. The largest absolute Gasteiger partial charge is 0.339 e. The molecule has 0 saturated heterocycles. The lowest BCUT2D eigenvalue weighted by molar-refractivity contribution is 0.929. The summed E-state index contributed by atoms with van der Waals surface area (Å²) in [6.07, 6.45) is 4.20. The molecule has 0 amide bonds. The summed E-state index contributed by atoms with van der Waals surface area (Å²) in [6, 6.07) is 0. The summed E-state index contributed by atoms with van der Waals surface area (Å²) in [7, 11) is 0. The van der Waals surface area contributed by atoms with Crippen molar-refractivity contribution >= 4 is 19.5 Å². The molecule has 0 spiro atoms. The molecule has 0 fully saturated rings. The fourth-order valence-corrected chi connectivity index (χ4v) is 1.91. The third-order valence-corrected chi connectivity index (χ3v) is 2.98. The van der Waals surface area contributed by atoms with Gasteiger partial charge in [0.2, 0.25) is 0 Å². The molecule has 6 nitrogen and oxygen atoms in total. The highest BCUT2D eigenvalue weighted by Crippen LogP contribution is 2.18. The van der Waals surface area contributed by atoms with Gasteiger partial charge in [0, 0.05) is 30.6 Å². The molecule has 0 saturated carbocycles. The Kier molecular flexibility index (Phi) is 4.24. The lowest BCUT2D eigenvalue weighted by Crippen LogP contribution is -1.91. The van der Waals surface area contributed by atoms with Crippen LogP contribution in [-0.4, -0.2) is 39.9 Å². The van der Waals surface area contributed by atoms with E-state index in [1.807, 2.05) is 13.8 Å². The molecule has 0 radical (unpaired) electrons. The molecule has 2 aromatic rings. The van der Waals surface area contributed by atoms with E-state index in [0.717, 1.165) is 35.0 Å². The molecule has 0 atom stereocenters. The summed E-state index contributed by atoms with van der Waals surface area (Å²) in [4.78, 5) is 23.0. The zero-order valence-corrected chi connectivity index (χ0v) is 11.8. The van der Waals surface area contributed by atoms with E-state index >= 15 is 0 Å². The highest BCUT2D eigenvalue weighted by atomic mass is 15.0. The topological polar surface area (TPSA) is 82.1 Å². The van der Waals surface area contributed by atoms with Crippen LogP contribution in [0.5, 0.6) is 0 Å². The first-order valence-electron chi connectivity index (χ1n) is 6.33. The Bertz CT molecular complexity index is 647. The number of aliphatic imine (C=N–C) groups is 2. The fraction of sp³-hybridized carbons (Fsp3) is 0.286. The van der Waals surface area contributed by atoms with Crippen LogP contribution in [-0.2, 0) is 6.42 Å². The molecular weight excluding hydrogens is 252 g/mol. The van der Waals surface area contributed by atoms with E-state index in [1.54, 1.807) is 12.3 Å². The quantitative estimate of drug-likeness (QED) is 0.790. The number of aromatic amines is 2. The Morgan fingerprint density at radius 3 is 2.50 bits per heavy atom. The maximum absolute atomic E-state index is 4.56. The summed E-state index contributed by atoms with van der Waals surface area (Å²) < 4.78 is 0. The van der Waals surface area contributed by atoms with Gasteiger partial charge in [-0.15, -0.1) is 0 Å². The van der Waals surface area contributed by atoms with Crippen LogP contribution in [0.15, 0.2) is 16.2 Å². The lowest BCUT2D eigenvalue weighted by atomic mass is 10.3. The fourth-order valence-electron chi connectivity index (χ4n) is 1.91. The molecule has 0 aliphatic heterocycles. The molecule has 2 N–H and O–H groups in total. The highest BCUT2D eigenvalue weighted by Gasteiger charge is 2.12. The van der Waals surface area contributed by atoms with Crippen LogP contribution in [0.4, 0.5) is 0 Å². The molecule has 6 heteroatoms. The molecule has 0 unspecified atom stereocenters. The third kappa shape index (κ3) is 2.90. The minimum atomic E-state index is 0.668. The second-order valence-electron chi connectivity index (χ2n) is 4.45. The summed E-state index contributed by atoms with van der Waals surface area (Å²) in [5.41, 5.74) is 3.81. The number of aryl methyl sites for hydroxylation is 2. The van der Waals surface area contributed by atoms with Crippen LogP contribution in [0, 0.1) is 13.8 Å². The zero-order chi connectivity index (χ0) is 14.5. The maximum Gasteiger partial charge on any atom is 0.174 e. The van der Waals surface area contributed by atoms with Gasteiger partial charge in [-0.05, 0) is 33.4 Å². The molecule has 20 heavy (non-hydrogen) atoms. The van der Waals surface area contributed by atoms with E-state index in [9.17, 15) is 0 Å². The van der Waals surface area contributed by atoms with Crippen molar-refractivity contribution in [2.45, 2.75) is 20.3 Å². The molecule has 0 aromatic carbocycles. The van der Waals surface area contributed by atoms with Crippen molar-refractivity contribution < 1.29 is 0 Å². The molecule has 0 aliphatic rings. The van der Waals surface area contributed by atoms with Gasteiger partial charge in [0.1, 0.15) is 0 Å². The average molecular weight is 270 g/mol. The summed E-state index contributed by atoms with van der Waals surface area (Å²) in [6.45, 7) is 11.5.